The van der Waals surface area contributed by atoms with Gasteiger partial charge in [-0.25, -0.2) is 9.18 Å². The summed E-state index contributed by atoms with van der Waals surface area (Å²) in [6, 6.07) is 0. The summed E-state index contributed by atoms with van der Waals surface area (Å²) in [5.41, 5.74) is 6.13. The number of esters is 1. The predicted octanol–water partition coefficient (Wildman–Crippen LogP) is 3.17. The summed E-state index contributed by atoms with van der Waals surface area (Å²) in [6.45, 7) is 3.71. The summed E-state index contributed by atoms with van der Waals surface area (Å²) in [5.74, 6) is -0.606. The van der Waals surface area contributed by atoms with E-state index in [2.05, 4.69) is 4.90 Å². The number of fused-ring (bicyclic) bond motifs is 1. The third kappa shape index (κ3) is 3.82. The molecule has 6 nitrogen and oxygen atoms in total. The van der Waals surface area contributed by atoms with Crippen molar-refractivity contribution >= 4 is 18.0 Å². The van der Waals surface area contributed by atoms with Crippen LogP contribution in [-0.4, -0.2) is 54.3 Å². The lowest BCUT2D eigenvalue weighted by Crippen LogP contribution is -2.31. The maximum absolute atomic E-state index is 14.5. The monoisotopic (exact) mass is 426 g/mol. The Morgan fingerprint density at radius 3 is 2.97 bits per heavy atom. The molecule has 2 fully saturated rings. The van der Waals surface area contributed by atoms with E-state index in [0.717, 1.165) is 48.5 Å². The minimum Gasteiger partial charge on any atom is -0.459 e. The summed E-state index contributed by atoms with van der Waals surface area (Å²) in [5, 5.41) is 9.22. The molecule has 2 aliphatic heterocycles. The van der Waals surface area contributed by atoms with Crippen LogP contribution < -0.4 is 0 Å². The van der Waals surface area contributed by atoms with Gasteiger partial charge in [0.25, 0.3) is 0 Å². The fourth-order valence-corrected chi connectivity index (χ4v) is 4.91. The number of aliphatic hydroxyl groups excluding tert-OH is 1. The second-order valence-corrected chi connectivity index (χ2v) is 8.59. The molecule has 4 rings (SSSR count). The van der Waals surface area contributed by atoms with E-state index in [1.807, 2.05) is 14.0 Å². The molecule has 0 amide bonds. The number of hydrogen-bond acceptors (Lipinski definition) is 6. The smallest absolute Gasteiger partial charge is 0.334 e. The Labute approximate surface area is 181 Å². The Balaban J connectivity index is 1.67. The topological polar surface area (TPSA) is 79.2 Å². The third-order valence-corrected chi connectivity index (χ3v) is 6.56. The van der Waals surface area contributed by atoms with Crippen LogP contribution in [0.1, 0.15) is 33.1 Å². The molecule has 3 atom stereocenters. The summed E-state index contributed by atoms with van der Waals surface area (Å²) >= 11 is 0. The first-order valence-electron chi connectivity index (χ1n) is 10.6. The van der Waals surface area contributed by atoms with Crippen molar-refractivity contribution in [1.29, 1.82) is 0 Å². The molecule has 3 unspecified atom stereocenters. The Morgan fingerprint density at radius 2 is 2.26 bits per heavy atom. The van der Waals surface area contributed by atoms with Gasteiger partial charge in [-0.05, 0) is 62.3 Å². The van der Waals surface area contributed by atoms with Crippen LogP contribution in [0.5, 0.6) is 0 Å². The highest BCUT2D eigenvalue weighted by Gasteiger charge is 2.43. The van der Waals surface area contributed by atoms with E-state index in [0.29, 0.717) is 6.29 Å². The quantitative estimate of drug-likeness (QED) is 0.415. The van der Waals surface area contributed by atoms with Gasteiger partial charge >= 0.3 is 5.97 Å². The maximum atomic E-state index is 14.5. The zero-order valence-corrected chi connectivity index (χ0v) is 18.0. The van der Waals surface area contributed by atoms with Crippen LogP contribution in [0, 0.1) is 11.8 Å². The Bertz CT molecular complexity index is 1010. The van der Waals surface area contributed by atoms with Crippen molar-refractivity contribution in [3.63, 3.8) is 0 Å². The average Bonchev–Trinajstić information content (AvgIpc) is 3.07. The number of ether oxygens (including phenoxy) is 1. The number of aldehydes is 1. The number of aliphatic hydroxyl groups is 1. The van der Waals surface area contributed by atoms with E-state index in [1.54, 1.807) is 18.2 Å². The molecule has 2 heterocycles. The SMILES string of the molecule is CC1=C(F)C=C2N=C3C(=C4CCCC1C24)CN(C)/C3=C\C=C(/C=O)COC(=O)C(C)O. The van der Waals surface area contributed by atoms with Gasteiger partial charge in [-0.2, -0.15) is 0 Å². The highest BCUT2D eigenvalue weighted by Crippen LogP contribution is 2.51. The van der Waals surface area contributed by atoms with E-state index in [-0.39, 0.29) is 29.8 Å². The molecule has 0 aromatic rings. The number of carbonyl (C=O) groups excluding carboxylic acids is 2. The number of dihydropyridines is 1. The highest BCUT2D eigenvalue weighted by atomic mass is 19.1. The summed E-state index contributed by atoms with van der Waals surface area (Å²) in [4.78, 5) is 29.8. The van der Waals surface area contributed by atoms with Crippen molar-refractivity contribution in [2.75, 3.05) is 20.2 Å². The molecular weight excluding hydrogens is 399 g/mol. The second kappa shape index (κ2) is 8.38. The molecule has 0 spiro atoms. The number of hydrogen-bond donors (Lipinski definition) is 1. The molecule has 7 heteroatoms. The molecule has 1 saturated heterocycles. The van der Waals surface area contributed by atoms with Crippen molar-refractivity contribution < 1.29 is 23.8 Å². The molecule has 2 aliphatic carbocycles. The molecule has 31 heavy (non-hydrogen) atoms. The molecule has 164 valence electrons. The van der Waals surface area contributed by atoms with Crippen LogP contribution in [0.15, 0.2) is 62.7 Å². The Hall–Kier alpha value is -2.80. The molecule has 1 saturated carbocycles. The molecule has 0 aromatic heterocycles. The van der Waals surface area contributed by atoms with E-state index >= 15 is 0 Å². The average molecular weight is 426 g/mol. The van der Waals surface area contributed by atoms with E-state index < -0.39 is 12.1 Å². The first kappa shape index (κ1) is 21.4. The van der Waals surface area contributed by atoms with Gasteiger partial charge in [0.1, 0.15) is 24.8 Å². The van der Waals surface area contributed by atoms with E-state index in [4.69, 9.17) is 9.73 Å². The summed E-state index contributed by atoms with van der Waals surface area (Å²) in [6.07, 6.45) is 7.35. The number of aliphatic imine (C=N–C) groups is 1. The van der Waals surface area contributed by atoms with Crippen molar-refractivity contribution in [1.82, 2.24) is 4.90 Å². The van der Waals surface area contributed by atoms with Crippen molar-refractivity contribution in [2.45, 2.75) is 39.2 Å². The number of carbonyl (C=O) groups is 2. The summed E-state index contributed by atoms with van der Waals surface area (Å²) < 4.78 is 19.5. The fraction of sp³-hybridized carbons (Fsp3) is 0.458. The van der Waals surface area contributed by atoms with E-state index in [9.17, 15) is 19.1 Å². The zero-order chi connectivity index (χ0) is 22.3. The van der Waals surface area contributed by atoms with E-state index in [1.165, 1.54) is 18.1 Å². The van der Waals surface area contributed by atoms with Gasteiger partial charge in [-0.3, -0.25) is 9.79 Å². The lowest BCUT2D eigenvalue weighted by molar-refractivity contribution is -0.151. The number of halogens is 1. The zero-order valence-electron chi connectivity index (χ0n) is 18.0. The fourth-order valence-electron chi connectivity index (χ4n) is 4.91. The molecule has 4 aliphatic rings. The molecule has 0 aromatic carbocycles. The normalized spacial score (nSPS) is 27.6. The predicted molar refractivity (Wildman–Crippen MR) is 115 cm³/mol. The Morgan fingerprint density at radius 1 is 1.48 bits per heavy atom. The van der Waals surface area contributed by atoms with Crippen molar-refractivity contribution in [2.24, 2.45) is 16.8 Å². The number of rotatable bonds is 5. The standard InChI is InChI=1S/C24H27FN2O4/c1-13-16-5-4-6-17-18-10-27(3)21(23(18)26-20(22(16)17)9-19(13)25)8-7-15(11-28)12-31-24(30)14(2)29/h7-9,11,14,16,22,29H,4-6,10,12H2,1-3H3/b15-7+,21-8-. The second-order valence-electron chi connectivity index (χ2n) is 8.59. The number of nitrogens with zero attached hydrogens (tertiary/aromatic N) is 2. The van der Waals surface area contributed by atoms with Gasteiger partial charge in [0, 0.05) is 25.1 Å². The minimum atomic E-state index is -1.24. The van der Waals surface area contributed by atoms with Gasteiger partial charge in [0.2, 0.25) is 0 Å². The van der Waals surface area contributed by atoms with Crippen LogP contribution in [0.25, 0.3) is 0 Å². The first-order valence-corrected chi connectivity index (χ1v) is 10.6. The van der Waals surface area contributed by atoms with Gasteiger partial charge in [-0.1, -0.05) is 11.6 Å². The van der Waals surface area contributed by atoms with Crippen LogP contribution in [0.3, 0.4) is 0 Å². The van der Waals surface area contributed by atoms with Gasteiger partial charge in [0.15, 0.2) is 0 Å². The van der Waals surface area contributed by atoms with Crippen molar-refractivity contribution in [3.8, 4) is 0 Å². The largest absolute Gasteiger partial charge is 0.459 e. The molecule has 0 bridgehead atoms. The van der Waals surface area contributed by atoms with Crippen LogP contribution in [0.4, 0.5) is 4.39 Å². The Kier molecular flexibility index (Phi) is 5.79. The number of allylic oxidation sites excluding steroid dienone is 7. The maximum Gasteiger partial charge on any atom is 0.334 e. The highest BCUT2D eigenvalue weighted by molar-refractivity contribution is 6.16. The van der Waals surface area contributed by atoms with Crippen LogP contribution in [-0.2, 0) is 14.3 Å². The molecular formula is C24H27FN2O4. The van der Waals surface area contributed by atoms with Gasteiger partial charge < -0.3 is 14.7 Å². The number of likely N-dealkylation sites (N-methyl/N-ethyl adjacent to an activating group) is 1. The first-order chi connectivity index (χ1) is 14.8. The van der Waals surface area contributed by atoms with Crippen LogP contribution >= 0.6 is 0 Å². The van der Waals surface area contributed by atoms with Gasteiger partial charge in [0.05, 0.1) is 17.1 Å². The van der Waals surface area contributed by atoms with Crippen molar-refractivity contribution in [3.05, 3.63) is 57.7 Å². The lowest BCUT2D eigenvalue weighted by Gasteiger charge is -2.40. The molecule has 0 radical (unpaired) electrons. The molecule has 1 N–H and O–H groups in total. The minimum absolute atomic E-state index is 0.167. The summed E-state index contributed by atoms with van der Waals surface area (Å²) in [7, 11) is 1.96. The number of likely N-dealkylation sites (tertiary alicyclic amines) is 1. The van der Waals surface area contributed by atoms with Gasteiger partial charge in [-0.15, -0.1) is 0 Å². The third-order valence-electron chi connectivity index (χ3n) is 6.56. The van der Waals surface area contributed by atoms with Crippen LogP contribution in [0.2, 0.25) is 0 Å². The lowest BCUT2D eigenvalue weighted by atomic mass is 9.66.